The fraction of sp³-hybridized carbons (Fsp3) is 0.500. The minimum absolute atomic E-state index is 0.112. The summed E-state index contributed by atoms with van der Waals surface area (Å²) in [4.78, 5) is 29.5. The van der Waals surface area contributed by atoms with Crippen LogP contribution in [0.15, 0.2) is 42.6 Å². The largest absolute Gasteiger partial charge is 0.493 e. The first-order valence-corrected chi connectivity index (χ1v) is 10.3. The molecule has 7 heteroatoms. The lowest BCUT2D eigenvalue weighted by atomic mass is 9.84. The van der Waals surface area contributed by atoms with Gasteiger partial charge >= 0.3 is 0 Å². The van der Waals surface area contributed by atoms with Crippen LogP contribution in [0, 0.1) is 11.8 Å². The molecule has 2 amide bonds. The van der Waals surface area contributed by atoms with Crippen LogP contribution < -0.4 is 4.74 Å². The van der Waals surface area contributed by atoms with Gasteiger partial charge in [0.05, 0.1) is 24.3 Å². The Morgan fingerprint density at radius 1 is 1.21 bits per heavy atom. The number of carbonyl (C=O) groups is 2. The number of para-hydroxylation sites is 1. The molecule has 1 aromatic carbocycles. The van der Waals surface area contributed by atoms with Gasteiger partial charge in [-0.2, -0.15) is 5.10 Å². The average molecular weight is 396 g/mol. The van der Waals surface area contributed by atoms with Gasteiger partial charge in [0.25, 0.3) is 0 Å². The highest BCUT2D eigenvalue weighted by atomic mass is 16.5. The van der Waals surface area contributed by atoms with Crippen LogP contribution >= 0.6 is 0 Å². The summed E-state index contributed by atoms with van der Waals surface area (Å²) in [5.41, 5.74) is 0.919. The summed E-state index contributed by atoms with van der Waals surface area (Å²) in [6, 6.07) is 11.4. The molecule has 154 valence electrons. The second-order valence-electron chi connectivity index (χ2n) is 7.88. The zero-order valence-corrected chi connectivity index (χ0v) is 17.0. The van der Waals surface area contributed by atoms with Gasteiger partial charge in [0.15, 0.2) is 0 Å². The van der Waals surface area contributed by atoms with Crippen molar-refractivity contribution >= 4 is 11.8 Å². The molecule has 0 radical (unpaired) electrons. The van der Waals surface area contributed by atoms with E-state index in [0.717, 1.165) is 11.4 Å². The van der Waals surface area contributed by atoms with E-state index in [0.29, 0.717) is 45.0 Å². The predicted molar refractivity (Wildman–Crippen MR) is 108 cm³/mol. The molecule has 2 aliphatic rings. The molecule has 0 N–H and O–H groups in total. The van der Waals surface area contributed by atoms with Crippen molar-refractivity contribution < 1.29 is 14.3 Å². The van der Waals surface area contributed by atoms with Crippen LogP contribution in [0.4, 0.5) is 0 Å². The minimum atomic E-state index is -0.249. The molecule has 2 fully saturated rings. The molecule has 1 aromatic heterocycles. The zero-order valence-electron chi connectivity index (χ0n) is 17.0. The van der Waals surface area contributed by atoms with Crippen molar-refractivity contribution in [2.45, 2.75) is 25.8 Å². The molecule has 0 spiro atoms. The molecular weight excluding hydrogens is 368 g/mol. The lowest BCUT2D eigenvalue weighted by Gasteiger charge is -2.45. The summed E-state index contributed by atoms with van der Waals surface area (Å²) in [6.07, 6.45) is 2.74. The van der Waals surface area contributed by atoms with Crippen LogP contribution in [0.5, 0.6) is 5.75 Å². The molecule has 0 saturated carbocycles. The maximum absolute atomic E-state index is 13.3. The van der Waals surface area contributed by atoms with E-state index in [1.807, 2.05) is 60.2 Å². The van der Waals surface area contributed by atoms with Crippen molar-refractivity contribution in [3.8, 4) is 5.75 Å². The number of nitrogens with zero attached hydrogens (tertiary/aromatic N) is 4. The molecule has 7 nitrogen and oxygen atoms in total. The van der Waals surface area contributed by atoms with E-state index in [9.17, 15) is 9.59 Å². The van der Waals surface area contributed by atoms with E-state index in [1.54, 1.807) is 10.9 Å². The van der Waals surface area contributed by atoms with Gasteiger partial charge in [0.1, 0.15) is 5.75 Å². The van der Waals surface area contributed by atoms with Crippen LogP contribution in [0.3, 0.4) is 0 Å². The Kier molecular flexibility index (Phi) is 5.56. The van der Waals surface area contributed by atoms with Crippen molar-refractivity contribution in [2.24, 2.45) is 18.9 Å². The van der Waals surface area contributed by atoms with E-state index >= 15 is 0 Å². The summed E-state index contributed by atoms with van der Waals surface area (Å²) in [5.74, 6) is 1.23. The van der Waals surface area contributed by atoms with Gasteiger partial charge < -0.3 is 14.5 Å². The van der Waals surface area contributed by atoms with Crippen LogP contribution in [0.2, 0.25) is 0 Å². The van der Waals surface area contributed by atoms with Crippen molar-refractivity contribution in [1.82, 2.24) is 19.6 Å². The number of likely N-dealkylation sites (tertiary alicyclic amines) is 2. The van der Waals surface area contributed by atoms with Crippen LogP contribution in [-0.2, 0) is 16.6 Å². The molecule has 3 heterocycles. The Bertz CT molecular complexity index is 860. The van der Waals surface area contributed by atoms with Crippen LogP contribution in [0.1, 0.15) is 31.5 Å². The Labute approximate surface area is 171 Å². The highest BCUT2D eigenvalue weighted by molar-refractivity contribution is 5.85. The number of carbonyl (C=O) groups excluding carboxylic acids is 2. The minimum Gasteiger partial charge on any atom is -0.493 e. The Morgan fingerprint density at radius 3 is 2.62 bits per heavy atom. The molecule has 4 rings (SSSR count). The topological polar surface area (TPSA) is 67.7 Å². The van der Waals surface area contributed by atoms with Gasteiger partial charge in [-0.1, -0.05) is 18.2 Å². The highest BCUT2D eigenvalue weighted by Crippen LogP contribution is 2.38. The second-order valence-corrected chi connectivity index (χ2v) is 7.88. The summed E-state index contributed by atoms with van der Waals surface area (Å²) in [7, 11) is 1.87. The molecule has 0 aliphatic carbocycles. The zero-order chi connectivity index (χ0) is 20.4. The normalized spacial score (nSPS) is 22.5. The third-order valence-electron chi connectivity index (χ3n) is 6.02. The van der Waals surface area contributed by atoms with Gasteiger partial charge in [0, 0.05) is 45.2 Å². The fourth-order valence-corrected chi connectivity index (χ4v) is 4.44. The molecule has 29 heavy (non-hydrogen) atoms. The number of amides is 2. The maximum Gasteiger partial charge on any atom is 0.228 e. The van der Waals surface area contributed by atoms with Crippen molar-refractivity contribution in [1.29, 1.82) is 0 Å². The van der Waals surface area contributed by atoms with E-state index in [-0.39, 0.29) is 23.8 Å². The molecule has 2 aromatic rings. The SMILES string of the molecule is CCN1C(=O)CC[C@H](C(=O)N2CC(COc3ccccc3)C2)[C@H]1c1ccnn1C. The summed E-state index contributed by atoms with van der Waals surface area (Å²) >= 11 is 0. The molecule has 2 atom stereocenters. The lowest BCUT2D eigenvalue weighted by molar-refractivity contribution is -0.152. The first kappa shape index (κ1) is 19.5. The number of aromatic nitrogens is 2. The molecular formula is C22H28N4O3. The fourth-order valence-electron chi connectivity index (χ4n) is 4.44. The lowest BCUT2D eigenvalue weighted by Crippen LogP contribution is -2.57. The Morgan fingerprint density at radius 2 is 1.97 bits per heavy atom. The van der Waals surface area contributed by atoms with Crippen LogP contribution in [0.25, 0.3) is 0 Å². The summed E-state index contributed by atoms with van der Waals surface area (Å²) in [5, 5.41) is 4.26. The number of benzene rings is 1. The molecule has 2 saturated heterocycles. The summed E-state index contributed by atoms with van der Waals surface area (Å²) in [6.45, 7) is 4.59. The second kappa shape index (κ2) is 8.27. The molecule has 0 bridgehead atoms. The van der Waals surface area contributed by atoms with E-state index in [2.05, 4.69) is 5.10 Å². The van der Waals surface area contributed by atoms with Gasteiger partial charge in [0.2, 0.25) is 11.8 Å². The quantitative estimate of drug-likeness (QED) is 0.751. The Hall–Kier alpha value is -2.83. The number of aryl methyl sites for hydroxylation is 1. The van der Waals surface area contributed by atoms with Gasteiger partial charge in [-0.15, -0.1) is 0 Å². The summed E-state index contributed by atoms with van der Waals surface area (Å²) < 4.78 is 7.60. The highest BCUT2D eigenvalue weighted by Gasteiger charge is 2.45. The third-order valence-corrected chi connectivity index (χ3v) is 6.02. The van der Waals surface area contributed by atoms with Gasteiger partial charge in [-0.25, -0.2) is 0 Å². The number of ether oxygens (including phenoxy) is 1. The van der Waals surface area contributed by atoms with Crippen LogP contribution in [-0.4, -0.2) is 57.6 Å². The van der Waals surface area contributed by atoms with E-state index in [1.165, 1.54) is 0 Å². The van der Waals surface area contributed by atoms with Crippen molar-refractivity contribution in [2.75, 3.05) is 26.2 Å². The average Bonchev–Trinajstić information content (AvgIpc) is 3.12. The number of piperidine rings is 1. The third kappa shape index (κ3) is 3.86. The van der Waals surface area contributed by atoms with Gasteiger partial charge in [-0.05, 0) is 31.5 Å². The van der Waals surface area contributed by atoms with E-state index < -0.39 is 0 Å². The maximum atomic E-state index is 13.3. The first-order chi connectivity index (χ1) is 14.1. The van der Waals surface area contributed by atoms with Crippen molar-refractivity contribution in [3.05, 3.63) is 48.3 Å². The number of hydrogen-bond acceptors (Lipinski definition) is 4. The molecule has 0 unspecified atom stereocenters. The first-order valence-electron chi connectivity index (χ1n) is 10.3. The monoisotopic (exact) mass is 396 g/mol. The van der Waals surface area contributed by atoms with Gasteiger partial charge in [-0.3, -0.25) is 14.3 Å². The standard InChI is InChI=1S/C22H28N4O3/c1-3-26-20(27)10-9-18(21(26)19-11-12-23-24(19)2)22(28)25-13-16(14-25)15-29-17-7-5-4-6-8-17/h4-8,11-12,16,18,21H,3,9-10,13-15H2,1-2H3/t18-,21-/m0/s1. The Balaban J connectivity index is 1.41. The smallest absolute Gasteiger partial charge is 0.228 e. The number of hydrogen-bond donors (Lipinski definition) is 0. The predicted octanol–water partition coefficient (Wildman–Crippen LogP) is 2.26. The molecule has 2 aliphatic heterocycles. The van der Waals surface area contributed by atoms with Crippen molar-refractivity contribution in [3.63, 3.8) is 0 Å². The number of rotatable bonds is 6. The van der Waals surface area contributed by atoms with E-state index in [4.69, 9.17) is 4.74 Å².